The Morgan fingerprint density at radius 1 is 0.909 bits per heavy atom. The maximum atomic E-state index is 12.9. The number of benzene rings is 2. The quantitative estimate of drug-likeness (QED) is 0.625. The van der Waals surface area contributed by atoms with Gasteiger partial charge in [0.2, 0.25) is 15.9 Å². The average molecular weight is 494 g/mol. The van der Waals surface area contributed by atoms with E-state index in [4.69, 9.17) is 0 Å². The molecule has 1 aliphatic heterocycles. The number of hydrogen-bond donors (Lipinski definition) is 1. The van der Waals surface area contributed by atoms with E-state index in [2.05, 4.69) is 5.32 Å². The van der Waals surface area contributed by atoms with Gasteiger partial charge in [-0.15, -0.1) is 0 Å². The van der Waals surface area contributed by atoms with E-state index in [0.29, 0.717) is 6.07 Å². The van der Waals surface area contributed by atoms with E-state index in [-0.39, 0.29) is 38.0 Å². The highest BCUT2D eigenvalue weighted by Crippen LogP contribution is 2.32. The molecule has 0 aromatic heterocycles. The van der Waals surface area contributed by atoms with Crippen LogP contribution in [-0.2, 0) is 33.7 Å². The molecule has 180 valence electrons. The maximum absolute atomic E-state index is 12.9. The second-order valence-corrected chi connectivity index (χ2v) is 9.56. The summed E-state index contributed by atoms with van der Waals surface area (Å²) in [6.07, 6.45) is -8.92. The Balaban J connectivity index is 1.59. The third-order valence-electron chi connectivity index (χ3n) is 5.34. The van der Waals surface area contributed by atoms with Crippen LogP contribution in [0, 0.1) is 5.92 Å². The van der Waals surface area contributed by atoms with Crippen molar-refractivity contribution in [2.75, 3.05) is 13.1 Å². The molecule has 1 N–H and O–H groups in total. The fraction of sp³-hybridized carbons (Fsp3) is 0.381. The van der Waals surface area contributed by atoms with E-state index in [1.807, 2.05) is 0 Å². The van der Waals surface area contributed by atoms with Crippen molar-refractivity contribution in [2.45, 2.75) is 36.6 Å². The minimum atomic E-state index is -4.68. The number of alkyl halides is 6. The van der Waals surface area contributed by atoms with Gasteiger partial charge < -0.3 is 5.32 Å². The first kappa shape index (κ1) is 25.0. The molecule has 0 unspecified atom stereocenters. The lowest BCUT2D eigenvalue weighted by Gasteiger charge is -2.30. The van der Waals surface area contributed by atoms with E-state index in [9.17, 15) is 39.6 Å². The third-order valence-corrected chi connectivity index (χ3v) is 7.24. The van der Waals surface area contributed by atoms with Gasteiger partial charge in [0, 0.05) is 25.6 Å². The van der Waals surface area contributed by atoms with Gasteiger partial charge in [0.25, 0.3) is 0 Å². The molecule has 0 bridgehead atoms. The monoisotopic (exact) mass is 494 g/mol. The summed E-state index contributed by atoms with van der Waals surface area (Å²) in [6, 6.07) is 7.99. The fourth-order valence-corrected chi connectivity index (χ4v) is 5.05. The SMILES string of the molecule is O=C(NCc1cccc(C(F)(F)F)c1)C1CCN(S(=O)(=O)c2cccc(C(F)(F)F)c2)CC1. The van der Waals surface area contributed by atoms with E-state index in [0.717, 1.165) is 34.6 Å². The number of piperidine rings is 1. The molecule has 0 radical (unpaired) electrons. The zero-order valence-electron chi connectivity index (χ0n) is 17.1. The Morgan fingerprint density at radius 3 is 2.03 bits per heavy atom. The van der Waals surface area contributed by atoms with Crippen molar-refractivity contribution in [3.05, 3.63) is 65.2 Å². The molecule has 5 nitrogen and oxygen atoms in total. The number of carbonyl (C=O) groups is 1. The van der Waals surface area contributed by atoms with Crippen molar-refractivity contribution < 1.29 is 39.6 Å². The number of amides is 1. The number of sulfonamides is 1. The predicted molar refractivity (Wildman–Crippen MR) is 106 cm³/mol. The van der Waals surface area contributed by atoms with Crippen LogP contribution in [0.2, 0.25) is 0 Å². The number of hydrogen-bond acceptors (Lipinski definition) is 3. The lowest BCUT2D eigenvalue weighted by Crippen LogP contribution is -2.42. The highest BCUT2D eigenvalue weighted by Gasteiger charge is 2.35. The minimum absolute atomic E-state index is 0.0692. The molecule has 1 heterocycles. The van der Waals surface area contributed by atoms with Crippen molar-refractivity contribution in [3.63, 3.8) is 0 Å². The van der Waals surface area contributed by atoms with Crippen LogP contribution in [-0.4, -0.2) is 31.7 Å². The van der Waals surface area contributed by atoms with Crippen molar-refractivity contribution in [3.8, 4) is 0 Å². The second kappa shape index (κ2) is 9.34. The molecule has 33 heavy (non-hydrogen) atoms. The number of halogens is 6. The van der Waals surface area contributed by atoms with E-state index < -0.39 is 50.2 Å². The highest BCUT2D eigenvalue weighted by atomic mass is 32.2. The van der Waals surface area contributed by atoms with Gasteiger partial charge in [0.1, 0.15) is 0 Å². The van der Waals surface area contributed by atoms with Gasteiger partial charge in [-0.05, 0) is 48.7 Å². The molecule has 0 aliphatic carbocycles. The molecule has 12 heteroatoms. The first-order valence-corrected chi connectivity index (χ1v) is 11.3. The summed E-state index contributed by atoms with van der Waals surface area (Å²) in [5.74, 6) is -0.993. The number of nitrogens with one attached hydrogen (secondary N) is 1. The van der Waals surface area contributed by atoms with Gasteiger partial charge in [-0.25, -0.2) is 8.42 Å². The fourth-order valence-electron chi connectivity index (χ4n) is 3.53. The zero-order valence-corrected chi connectivity index (χ0v) is 17.9. The van der Waals surface area contributed by atoms with Gasteiger partial charge in [-0.2, -0.15) is 30.6 Å². The highest BCUT2D eigenvalue weighted by molar-refractivity contribution is 7.89. The molecule has 1 fully saturated rings. The summed E-state index contributed by atoms with van der Waals surface area (Å²) in [6.45, 7) is -0.258. The molecule has 1 aliphatic rings. The summed E-state index contributed by atoms with van der Waals surface area (Å²) in [5.41, 5.74) is -1.64. The molecule has 1 amide bonds. The standard InChI is InChI=1S/C21H20F6N2O3S/c22-20(23,24)16-4-1-3-14(11-16)13-28-19(30)15-7-9-29(10-8-15)33(31,32)18-6-2-5-17(12-18)21(25,26)27/h1-6,11-12,15H,7-10,13H2,(H,28,30). The molecule has 0 saturated carbocycles. The van der Waals surface area contributed by atoms with Gasteiger partial charge in [0.15, 0.2) is 0 Å². The van der Waals surface area contributed by atoms with Crippen molar-refractivity contribution >= 4 is 15.9 Å². The lowest BCUT2D eigenvalue weighted by molar-refractivity contribution is -0.138. The zero-order chi connectivity index (χ0) is 24.4. The van der Waals surface area contributed by atoms with E-state index in [1.54, 1.807) is 0 Å². The average Bonchev–Trinajstić information content (AvgIpc) is 2.76. The van der Waals surface area contributed by atoms with Gasteiger partial charge in [0.05, 0.1) is 16.0 Å². The largest absolute Gasteiger partial charge is 0.416 e. The Morgan fingerprint density at radius 2 is 1.45 bits per heavy atom. The van der Waals surface area contributed by atoms with Crippen LogP contribution in [0.15, 0.2) is 53.4 Å². The summed E-state index contributed by atoms with van der Waals surface area (Å²) in [7, 11) is -4.17. The number of nitrogens with zero attached hydrogens (tertiary/aromatic N) is 1. The Bertz CT molecular complexity index is 1110. The molecule has 0 spiro atoms. The summed E-state index contributed by atoms with van der Waals surface area (Å²) >= 11 is 0. The van der Waals surface area contributed by atoms with Crippen LogP contribution in [0.4, 0.5) is 26.3 Å². The predicted octanol–water partition coefficient (Wildman–Crippen LogP) is 4.44. The topological polar surface area (TPSA) is 66.5 Å². The molecular formula is C21H20F6N2O3S. The first-order valence-electron chi connectivity index (χ1n) is 9.90. The van der Waals surface area contributed by atoms with Crippen LogP contribution in [0.25, 0.3) is 0 Å². The second-order valence-electron chi connectivity index (χ2n) is 7.62. The van der Waals surface area contributed by atoms with Crippen LogP contribution in [0.1, 0.15) is 29.5 Å². The van der Waals surface area contributed by atoms with Gasteiger partial charge in [-0.3, -0.25) is 4.79 Å². The maximum Gasteiger partial charge on any atom is 0.416 e. The molecule has 3 rings (SSSR count). The van der Waals surface area contributed by atoms with Crippen molar-refractivity contribution in [1.82, 2.24) is 9.62 Å². The van der Waals surface area contributed by atoms with Crippen molar-refractivity contribution in [2.24, 2.45) is 5.92 Å². The Hall–Kier alpha value is -2.60. The van der Waals surface area contributed by atoms with Gasteiger partial charge in [-0.1, -0.05) is 18.2 Å². The van der Waals surface area contributed by atoms with Crippen LogP contribution < -0.4 is 5.32 Å². The molecule has 0 atom stereocenters. The molecule has 2 aromatic rings. The Labute approximate surface area is 186 Å². The molecule has 2 aromatic carbocycles. The van der Waals surface area contributed by atoms with Crippen molar-refractivity contribution in [1.29, 1.82) is 0 Å². The van der Waals surface area contributed by atoms with Crippen LogP contribution >= 0.6 is 0 Å². The van der Waals surface area contributed by atoms with E-state index in [1.165, 1.54) is 12.1 Å². The smallest absolute Gasteiger partial charge is 0.352 e. The third kappa shape index (κ3) is 6.05. The van der Waals surface area contributed by atoms with Crippen LogP contribution in [0.3, 0.4) is 0 Å². The number of rotatable bonds is 5. The van der Waals surface area contributed by atoms with E-state index >= 15 is 0 Å². The number of carbonyl (C=O) groups excluding carboxylic acids is 1. The lowest BCUT2D eigenvalue weighted by atomic mass is 9.97. The first-order chi connectivity index (χ1) is 15.3. The Kier molecular flexibility index (Phi) is 7.08. The molecular weight excluding hydrogens is 474 g/mol. The minimum Gasteiger partial charge on any atom is -0.352 e. The summed E-state index contributed by atoms with van der Waals surface area (Å²) in [4.78, 5) is 11.9. The van der Waals surface area contributed by atoms with Crippen LogP contribution in [0.5, 0.6) is 0 Å². The van der Waals surface area contributed by atoms with Gasteiger partial charge >= 0.3 is 12.4 Å². The summed E-state index contributed by atoms with van der Waals surface area (Å²) in [5, 5.41) is 2.56. The summed E-state index contributed by atoms with van der Waals surface area (Å²) < 4.78 is 104. The normalized spacial score (nSPS) is 16.5. The molecule has 1 saturated heterocycles.